The van der Waals surface area contributed by atoms with E-state index < -0.39 is 22.5 Å². The first-order valence-electron chi connectivity index (χ1n) is 6.49. The van der Waals surface area contributed by atoms with Crippen LogP contribution in [0.15, 0.2) is 36.4 Å². The number of halogens is 2. The third kappa shape index (κ3) is 4.22. The van der Waals surface area contributed by atoms with Crippen LogP contribution in [0, 0.1) is 28.7 Å². The molecule has 0 radical (unpaired) electrons. The van der Waals surface area contributed by atoms with Gasteiger partial charge in [0, 0.05) is 23.4 Å². The molecule has 0 bridgehead atoms. The molecule has 2 aromatic rings. The minimum atomic E-state index is -1.07. The van der Waals surface area contributed by atoms with Gasteiger partial charge in [0.2, 0.25) is 0 Å². The summed E-state index contributed by atoms with van der Waals surface area (Å²) in [6, 6.07) is 7.04. The summed E-state index contributed by atoms with van der Waals surface area (Å²) >= 11 is 0. The fourth-order valence-corrected chi connectivity index (χ4v) is 1.84. The highest BCUT2D eigenvalue weighted by molar-refractivity contribution is 5.91. The molecule has 23 heavy (non-hydrogen) atoms. The van der Waals surface area contributed by atoms with E-state index in [4.69, 9.17) is 4.74 Å². The summed E-state index contributed by atoms with van der Waals surface area (Å²) in [5.41, 5.74) is 0.439. The predicted octanol–water partition coefficient (Wildman–Crippen LogP) is 3.20. The number of rotatable bonds is 5. The molecule has 2 aromatic carbocycles. The zero-order chi connectivity index (χ0) is 17.0. The van der Waals surface area contributed by atoms with Gasteiger partial charge in [-0.15, -0.1) is 0 Å². The molecule has 120 valence electrons. The van der Waals surface area contributed by atoms with Crippen molar-refractivity contribution in [2.24, 2.45) is 0 Å². The number of carbonyl (C=O) groups excluding carboxylic acids is 1. The first-order valence-corrected chi connectivity index (χ1v) is 6.49. The number of hydrogen-bond donors (Lipinski definition) is 1. The van der Waals surface area contributed by atoms with E-state index in [2.05, 4.69) is 5.32 Å². The highest BCUT2D eigenvalue weighted by Crippen LogP contribution is 2.23. The second-order valence-electron chi connectivity index (χ2n) is 4.67. The van der Waals surface area contributed by atoms with Gasteiger partial charge in [-0.1, -0.05) is 0 Å². The minimum absolute atomic E-state index is 0.0522. The Labute approximate surface area is 129 Å². The van der Waals surface area contributed by atoms with Gasteiger partial charge in [-0.2, -0.15) is 0 Å². The molecule has 1 N–H and O–H groups in total. The smallest absolute Gasteiger partial charge is 0.272 e. The maximum atomic E-state index is 13.0. The van der Waals surface area contributed by atoms with Crippen molar-refractivity contribution in [3.8, 4) is 5.75 Å². The summed E-state index contributed by atoms with van der Waals surface area (Å²) in [6.45, 7) is 1.17. The first-order chi connectivity index (χ1) is 10.9. The van der Waals surface area contributed by atoms with Crippen molar-refractivity contribution in [3.05, 3.63) is 63.7 Å². The maximum Gasteiger partial charge on any atom is 0.272 e. The number of aryl methyl sites for hydroxylation is 1. The van der Waals surface area contributed by atoms with Gasteiger partial charge in [-0.05, 0) is 31.2 Å². The summed E-state index contributed by atoms with van der Waals surface area (Å²) < 4.78 is 31.0. The van der Waals surface area contributed by atoms with Gasteiger partial charge in [-0.3, -0.25) is 14.9 Å². The van der Waals surface area contributed by atoms with Crippen molar-refractivity contribution in [3.63, 3.8) is 0 Å². The topological polar surface area (TPSA) is 81.5 Å². The highest BCUT2D eigenvalue weighted by Gasteiger charge is 2.12. The molecule has 0 aromatic heterocycles. The summed E-state index contributed by atoms with van der Waals surface area (Å²) in [5.74, 6) is -2.38. The Kier molecular flexibility index (Phi) is 4.85. The molecule has 0 spiro atoms. The zero-order valence-corrected chi connectivity index (χ0v) is 12.0. The molecule has 0 saturated heterocycles. The number of nitro benzene ring substituents is 1. The molecule has 0 saturated carbocycles. The van der Waals surface area contributed by atoms with Crippen LogP contribution >= 0.6 is 0 Å². The molecule has 0 fully saturated rings. The number of carbonyl (C=O) groups is 1. The molecule has 2 rings (SSSR count). The van der Waals surface area contributed by atoms with Crippen molar-refractivity contribution in [1.29, 1.82) is 0 Å². The monoisotopic (exact) mass is 322 g/mol. The normalized spacial score (nSPS) is 10.2. The number of ether oxygens (including phenoxy) is 1. The van der Waals surface area contributed by atoms with Crippen molar-refractivity contribution in [1.82, 2.24) is 0 Å². The highest BCUT2D eigenvalue weighted by atomic mass is 19.2. The molecule has 1 amide bonds. The average molecular weight is 322 g/mol. The van der Waals surface area contributed by atoms with Gasteiger partial charge in [0.25, 0.3) is 11.6 Å². The number of nitrogens with zero attached hydrogens (tertiary/aromatic N) is 1. The molecule has 0 heterocycles. The van der Waals surface area contributed by atoms with Crippen LogP contribution in [0.2, 0.25) is 0 Å². The summed E-state index contributed by atoms with van der Waals surface area (Å²) in [7, 11) is 0. The van der Waals surface area contributed by atoms with E-state index in [9.17, 15) is 23.7 Å². The van der Waals surface area contributed by atoms with Crippen LogP contribution in [0.1, 0.15) is 5.56 Å². The van der Waals surface area contributed by atoms with E-state index >= 15 is 0 Å². The lowest BCUT2D eigenvalue weighted by Gasteiger charge is -2.08. The fourth-order valence-electron chi connectivity index (χ4n) is 1.84. The Hall–Kier alpha value is -3.03. The average Bonchev–Trinajstić information content (AvgIpc) is 2.48. The van der Waals surface area contributed by atoms with Crippen LogP contribution in [0.3, 0.4) is 0 Å². The summed E-state index contributed by atoms with van der Waals surface area (Å²) in [6.07, 6.45) is 0. The SMILES string of the molecule is Cc1cc(OCC(=O)Nc2ccc(F)c(F)c2)ccc1[N+](=O)[O-]. The second kappa shape index (κ2) is 6.82. The quantitative estimate of drug-likeness (QED) is 0.677. The maximum absolute atomic E-state index is 13.0. The Morgan fingerprint density at radius 1 is 1.22 bits per heavy atom. The molecule has 0 unspecified atom stereocenters. The Balaban J connectivity index is 1.95. The van der Waals surface area contributed by atoms with E-state index in [0.717, 1.165) is 12.1 Å². The third-order valence-corrected chi connectivity index (χ3v) is 2.94. The fraction of sp³-hybridized carbons (Fsp3) is 0.133. The zero-order valence-electron chi connectivity index (χ0n) is 12.0. The first kappa shape index (κ1) is 16.3. The molecule has 6 nitrogen and oxygen atoms in total. The van der Waals surface area contributed by atoms with Crippen LogP contribution < -0.4 is 10.1 Å². The number of anilines is 1. The molecule has 0 aliphatic rings. The Bertz CT molecular complexity index is 765. The number of nitro groups is 1. The van der Waals surface area contributed by atoms with E-state index in [1.54, 1.807) is 6.92 Å². The molecular weight excluding hydrogens is 310 g/mol. The Morgan fingerprint density at radius 3 is 2.57 bits per heavy atom. The van der Waals surface area contributed by atoms with E-state index in [1.165, 1.54) is 24.3 Å². The summed E-state index contributed by atoms with van der Waals surface area (Å²) in [4.78, 5) is 21.9. The van der Waals surface area contributed by atoms with Gasteiger partial charge in [0.15, 0.2) is 18.2 Å². The van der Waals surface area contributed by atoms with E-state index in [0.29, 0.717) is 5.56 Å². The largest absolute Gasteiger partial charge is 0.484 e. The lowest BCUT2D eigenvalue weighted by molar-refractivity contribution is -0.385. The Morgan fingerprint density at radius 2 is 1.96 bits per heavy atom. The summed E-state index contributed by atoms with van der Waals surface area (Å²) in [5, 5.41) is 13.0. The molecule has 8 heteroatoms. The molecule has 0 atom stereocenters. The number of hydrogen-bond acceptors (Lipinski definition) is 4. The molecule has 0 aliphatic carbocycles. The van der Waals surface area contributed by atoms with E-state index in [-0.39, 0.29) is 23.7 Å². The van der Waals surface area contributed by atoms with Gasteiger partial charge in [0.05, 0.1) is 4.92 Å². The van der Waals surface area contributed by atoms with Crippen molar-refractivity contribution < 1.29 is 23.2 Å². The molecule has 0 aliphatic heterocycles. The van der Waals surface area contributed by atoms with Crippen LogP contribution in [-0.4, -0.2) is 17.4 Å². The van der Waals surface area contributed by atoms with Crippen LogP contribution in [-0.2, 0) is 4.79 Å². The van der Waals surface area contributed by atoms with Crippen LogP contribution in [0.5, 0.6) is 5.75 Å². The van der Waals surface area contributed by atoms with Gasteiger partial charge >= 0.3 is 0 Å². The van der Waals surface area contributed by atoms with E-state index in [1.807, 2.05) is 0 Å². The van der Waals surface area contributed by atoms with Crippen LogP contribution in [0.25, 0.3) is 0 Å². The third-order valence-electron chi connectivity index (χ3n) is 2.94. The standard InChI is InChI=1S/C15H12F2N2O4/c1-9-6-11(3-5-14(9)19(21)22)23-8-15(20)18-10-2-4-12(16)13(17)7-10/h2-7H,8H2,1H3,(H,18,20). The number of benzene rings is 2. The van der Waals surface area contributed by atoms with Gasteiger partial charge in [0.1, 0.15) is 5.75 Å². The lowest BCUT2D eigenvalue weighted by atomic mass is 10.2. The van der Waals surface area contributed by atoms with Crippen LogP contribution in [0.4, 0.5) is 20.2 Å². The second-order valence-corrected chi connectivity index (χ2v) is 4.67. The molecular formula is C15H12F2N2O4. The van der Waals surface area contributed by atoms with Crippen molar-refractivity contribution >= 4 is 17.3 Å². The number of nitrogens with one attached hydrogen (secondary N) is 1. The lowest BCUT2D eigenvalue weighted by Crippen LogP contribution is -2.20. The number of amides is 1. The minimum Gasteiger partial charge on any atom is -0.484 e. The van der Waals surface area contributed by atoms with Crippen molar-refractivity contribution in [2.75, 3.05) is 11.9 Å². The van der Waals surface area contributed by atoms with Gasteiger partial charge < -0.3 is 10.1 Å². The van der Waals surface area contributed by atoms with Gasteiger partial charge in [-0.25, -0.2) is 8.78 Å². The predicted molar refractivity (Wildman–Crippen MR) is 78.3 cm³/mol. The van der Waals surface area contributed by atoms with Crippen molar-refractivity contribution in [2.45, 2.75) is 6.92 Å².